The molecule has 1 saturated heterocycles. The number of aromatic nitrogens is 1. The van der Waals surface area contributed by atoms with Gasteiger partial charge < -0.3 is 15.1 Å². The number of rotatable bonds is 3. The summed E-state index contributed by atoms with van der Waals surface area (Å²) < 4.78 is 0. The van der Waals surface area contributed by atoms with Crippen LogP contribution >= 0.6 is 0 Å². The Morgan fingerprint density at radius 3 is 2.50 bits per heavy atom. The fourth-order valence-electron chi connectivity index (χ4n) is 3.80. The lowest BCUT2D eigenvalue weighted by molar-refractivity contribution is 0.208. The summed E-state index contributed by atoms with van der Waals surface area (Å²) in [6.07, 6.45) is 1.84. The quantitative estimate of drug-likeness (QED) is 0.722. The highest BCUT2D eigenvalue weighted by Crippen LogP contribution is 2.27. The van der Waals surface area contributed by atoms with Crippen LogP contribution in [0.1, 0.15) is 25.3 Å². The van der Waals surface area contributed by atoms with E-state index in [4.69, 9.17) is 0 Å². The van der Waals surface area contributed by atoms with E-state index in [1.807, 2.05) is 35.4 Å². The van der Waals surface area contributed by atoms with E-state index in [1.165, 1.54) is 0 Å². The summed E-state index contributed by atoms with van der Waals surface area (Å²) in [6, 6.07) is 18.3. The predicted molar refractivity (Wildman–Crippen MR) is 115 cm³/mol. The van der Waals surface area contributed by atoms with Crippen molar-refractivity contribution in [3.05, 3.63) is 66.4 Å². The lowest BCUT2D eigenvalue weighted by Crippen LogP contribution is -2.50. The number of fused-ring (bicyclic) bond motifs is 1. The van der Waals surface area contributed by atoms with Gasteiger partial charge in [0.2, 0.25) is 0 Å². The Bertz CT molecular complexity index is 972. The number of benzene rings is 2. The molecule has 28 heavy (non-hydrogen) atoms. The van der Waals surface area contributed by atoms with Crippen LogP contribution in [-0.4, -0.2) is 42.1 Å². The van der Waals surface area contributed by atoms with E-state index >= 15 is 0 Å². The number of nitrogens with zero attached hydrogens (tertiary/aromatic N) is 3. The molecule has 0 unspecified atom stereocenters. The molecule has 5 heteroatoms. The maximum absolute atomic E-state index is 12.8. The zero-order chi connectivity index (χ0) is 19.5. The van der Waals surface area contributed by atoms with E-state index in [1.54, 1.807) is 0 Å². The number of piperazine rings is 1. The van der Waals surface area contributed by atoms with Gasteiger partial charge in [-0.05, 0) is 29.7 Å². The molecule has 0 saturated carbocycles. The van der Waals surface area contributed by atoms with Gasteiger partial charge in [0, 0.05) is 43.4 Å². The molecule has 5 nitrogen and oxygen atoms in total. The first-order valence-electron chi connectivity index (χ1n) is 9.87. The molecule has 0 bridgehead atoms. The molecule has 0 aliphatic carbocycles. The summed E-state index contributed by atoms with van der Waals surface area (Å²) in [5.41, 5.74) is 4.23. The zero-order valence-electron chi connectivity index (χ0n) is 16.4. The molecule has 3 aromatic rings. The third-order valence-electron chi connectivity index (χ3n) is 5.34. The highest BCUT2D eigenvalue weighted by Gasteiger charge is 2.23. The lowest BCUT2D eigenvalue weighted by Gasteiger charge is -2.36. The molecule has 1 aliphatic heterocycles. The summed E-state index contributed by atoms with van der Waals surface area (Å²) in [7, 11) is 0. The average Bonchev–Trinajstić information content (AvgIpc) is 2.73. The molecule has 1 N–H and O–H groups in total. The summed E-state index contributed by atoms with van der Waals surface area (Å²) >= 11 is 0. The number of urea groups is 1. The largest absolute Gasteiger partial charge is 0.366 e. The van der Waals surface area contributed by atoms with Gasteiger partial charge in [0.05, 0.1) is 11.2 Å². The summed E-state index contributed by atoms with van der Waals surface area (Å²) in [5.74, 6) is 0.368. The van der Waals surface area contributed by atoms with Crippen LogP contribution in [0.2, 0.25) is 0 Å². The van der Waals surface area contributed by atoms with E-state index in [0.717, 1.165) is 40.9 Å². The van der Waals surface area contributed by atoms with Crippen molar-refractivity contribution < 1.29 is 4.79 Å². The van der Waals surface area contributed by atoms with Crippen molar-refractivity contribution in [3.8, 4) is 0 Å². The van der Waals surface area contributed by atoms with Crippen LogP contribution in [0.15, 0.2) is 60.8 Å². The normalized spacial score (nSPS) is 14.5. The number of nitrogens with one attached hydrogen (secondary N) is 1. The predicted octanol–water partition coefficient (Wildman–Crippen LogP) is 4.71. The minimum atomic E-state index is -0.0243. The molecule has 2 amide bonds. The van der Waals surface area contributed by atoms with E-state index in [-0.39, 0.29) is 6.03 Å². The molecule has 2 heterocycles. The number of carbonyl (C=O) groups is 1. The Kier molecular flexibility index (Phi) is 5.15. The molecule has 1 fully saturated rings. The van der Waals surface area contributed by atoms with E-state index in [2.05, 4.69) is 59.4 Å². The van der Waals surface area contributed by atoms with Crippen molar-refractivity contribution in [2.75, 3.05) is 36.4 Å². The molecule has 144 valence electrons. The smallest absolute Gasteiger partial charge is 0.321 e. The molecule has 1 aliphatic rings. The molecule has 4 rings (SSSR count). The van der Waals surface area contributed by atoms with Gasteiger partial charge in [-0.15, -0.1) is 0 Å². The van der Waals surface area contributed by atoms with Gasteiger partial charge >= 0.3 is 6.03 Å². The van der Waals surface area contributed by atoms with Gasteiger partial charge in [-0.2, -0.15) is 0 Å². The van der Waals surface area contributed by atoms with Crippen LogP contribution in [0, 0.1) is 0 Å². The molecule has 2 aromatic carbocycles. The molecule has 1 aromatic heterocycles. The monoisotopic (exact) mass is 374 g/mol. The Morgan fingerprint density at radius 1 is 0.964 bits per heavy atom. The van der Waals surface area contributed by atoms with Gasteiger partial charge in [0.15, 0.2) is 0 Å². The van der Waals surface area contributed by atoms with E-state index in [0.29, 0.717) is 19.0 Å². The summed E-state index contributed by atoms with van der Waals surface area (Å²) in [6.45, 7) is 7.27. The first-order valence-corrected chi connectivity index (χ1v) is 9.87. The van der Waals surface area contributed by atoms with Gasteiger partial charge in [0.25, 0.3) is 0 Å². The minimum absolute atomic E-state index is 0.0243. The number of hydrogen-bond acceptors (Lipinski definition) is 3. The first-order chi connectivity index (χ1) is 13.6. The van der Waals surface area contributed by atoms with Gasteiger partial charge in [-0.3, -0.25) is 4.98 Å². The fraction of sp³-hybridized carbons (Fsp3) is 0.304. The Labute approximate surface area is 166 Å². The van der Waals surface area contributed by atoms with Crippen LogP contribution in [-0.2, 0) is 0 Å². The van der Waals surface area contributed by atoms with Gasteiger partial charge in [0.1, 0.15) is 0 Å². The minimum Gasteiger partial charge on any atom is -0.366 e. The van der Waals surface area contributed by atoms with Crippen LogP contribution < -0.4 is 10.2 Å². The van der Waals surface area contributed by atoms with E-state index in [9.17, 15) is 4.79 Å². The second-order valence-corrected chi connectivity index (χ2v) is 7.50. The number of pyridine rings is 1. The average molecular weight is 374 g/mol. The Hall–Kier alpha value is -3.08. The van der Waals surface area contributed by atoms with Crippen molar-refractivity contribution in [1.29, 1.82) is 0 Å². The second kappa shape index (κ2) is 7.89. The maximum atomic E-state index is 12.8. The summed E-state index contributed by atoms with van der Waals surface area (Å²) in [4.78, 5) is 21.6. The lowest BCUT2D eigenvalue weighted by atomic mass is 10.0. The van der Waals surface area contributed by atoms with Gasteiger partial charge in [-0.1, -0.05) is 50.2 Å². The Morgan fingerprint density at radius 2 is 1.71 bits per heavy atom. The maximum Gasteiger partial charge on any atom is 0.321 e. The highest BCUT2D eigenvalue weighted by atomic mass is 16.2. The number of para-hydroxylation sites is 2. The van der Waals surface area contributed by atoms with Crippen molar-refractivity contribution in [2.45, 2.75) is 19.8 Å². The standard InChI is InChI=1S/C23H26N4O/c1-17(2)19-9-3-4-10-20(19)25-23(28)27-15-13-26(14-16-27)21-11-5-7-18-8-6-12-24-22(18)21/h3-12,17H,13-16H2,1-2H3,(H,25,28). The molecular weight excluding hydrogens is 348 g/mol. The SMILES string of the molecule is CC(C)c1ccccc1NC(=O)N1CCN(c2cccc3cccnc23)CC1. The zero-order valence-corrected chi connectivity index (χ0v) is 16.4. The number of carbonyl (C=O) groups excluding carboxylic acids is 1. The topological polar surface area (TPSA) is 48.5 Å². The van der Waals surface area contributed by atoms with Crippen LogP contribution in [0.4, 0.5) is 16.2 Å². The number of hydrogen-bond donors (Lipinski definition) is 1. The second-order valence-electron chi connectivity index (χ2n) is 7.50. The molecule has 0 radical (unpaired) electrons. The molecular formula is C23H26N4O. The van der Waals surface area contributed by atoms with Crippen LogP contribution in [0.3, 0.4) is 0 Å². The van der Waals surface area contributed by atoms with Crippen LogP contribution in [0.25, 0.3) is 10.9 Å². The van der Waals surface area contributed by atoms with Crippen molar-refractivity contribution in [2.24, 2.45) is 0 Å². The van der Waals surface area contributed by atoms with Gasteiger partial charge in [-0.25, -0.2) is 4.79 Å². The molecule has 0 atom stereocenters. The third kappa shape index (κ3) is 3.65. The first kappa shape index (κ1) is 18.3. The Balaban J connectivity index is 1.44. The van der Waals surface area contributed by atoms with Crippen molar-refractivity contribution in [1.82, 2.24) is 9.88 Å². The highest BCUT2D eigenvalue weighted by molar-refractivity contribution is 5.92. The molecule has 0 spiro atoms. The number of anilines is 2. The van der Waals surface area contributed by atoms with Crippen molar-refractivity contribution in [3.63, 3.8) is 0 Å². The summed E-state index contributed by atoms with van der Waals surface area (Å²) in [5, 5.41) is 4.25. The third-order valence-corrected chi connectivity index (χ3v) is 5.34. The van der Waals surface area contributed by atoms with Crippen LogP contribution in [0.5, 0.6) is 0 Å². The van der Waals surface area contributed by atoms with E-state index < -0.39 is 0 Å². The van der Waals surface area contributed by atoms with Crippen molar-refractivity contribution >= 4 is 28.3 Å². The number of amides is 2. The fourth-order valence-corrected chi connectivity index (χ4v) is 3.80.